The van der Waals surface area contributed by atoms with E-state index in [1.54, 1.807) is 0 Å². The molecule has 1 saturated carbocycles. The Labute approximate surface area is 103 Å². The van der Waals surface area contributed by atoms with E-state index in [0.29, 0.717) is 18.5 Å². The molecule has 0 aliphatic heterocycles. The first-order valence-electron chi connectivity index (χ1n) is 6.41. The largest absolute Gasteiger partial charge is 0.370 e. The quantitative estimate of drug-likeness (QED) is 0.871. The first-order chi connectivity index (χ1) is 8.22. The van der Waals surface area contributed by atoms with Crippen molar-refractivity contribution in [3.05, 3.63) is 30.1 Å². The minimum absolute atomic E-state index is 0.188. The summed E-state index contributed by atoms with van der Waals surface area (Å²) in [6.45, 7) is 0.665. The first kappa shape index (κ1) is 12.4. The van der Waals surface area contributed by atoms with Crippen LogP contribution >= 0.6 is 0 Å². The lowest BCUT2D eigenvalue weighted by Crippen LogP contribution is -2.42. The lowest BCUT2D eigenvalue weighted by molar-refractivity contribution is 0.422. The van der Waals surface area contributed by atoms with Crippen molar-refractivity contribution in [2.24, 2.45) is 11.7 Å². The van der Waals surface area contributed by atoms with E-state index in [9.17, 15) is 4.39 Å². The highest BCUT2D eigenvalue weighted by atomic mass is 19.1. The maximum Gasteiger partial charge on any atom is 0.123 e. The molecule has 1 atom stereocenters. The minimum Gasteiger partial charge on any atom is -0.370 e. The molecule has 3 heteroatoms. The SMILES string of the molecule is CN(c1ccc(F)cc1)C(CN)C1CCCC1. The standard InChI is InChI=1S/C14H21FN2/c1-17(13-8-6-12(15)7-9-13)14(10-16)11-4-2-3-5-11/h6-9,11,14H,2-5,10,16H2,1H3. The van der Waals surface area contributed by atoms with E-state index in [4.69, 9.17) is 5.73 Å². The van der Waals surface area contributed by atoms with Crippen molar-refractivity contribution >= 4 is 5.69 Å². The van der Waals surface area contributed by atoms with Crippen molar-refractivity contribution in [2.45, 2.75) is 31.7 Å². The molecule has 1 aromatic rings. The smallest absolute Gasteiger partial charge is 0.123 e. The fraction of sp³-hybridized carbons (Fsp3) is 0.571. The number of nitrogens with zero attached hydrogens (tertiary/aromatic N) is 1. The highest BCUT2D eigenvalue weighted by Gasteiger charge is 2.27. The topological polar surface area (TPSA) is 29.3 Å². The number of halogens is 1. The van der Waals surface area contributed by atoms with E-state index in [-0.39, 0.29) is 5.82 Å². The minimum atomic E-state index is -0.188. The van der Waals surface area contributed by atoms with Gasteiger partial charge in [0.25, 0.3) is 0 Å². The molecule has 0 spiro atoms. The Morgan fingerprint density at radius 3 is 2.41 bits per heavy atom. The Bertz CT molecular complexity index is 344. The molecule has 0 bridgehead atoms. The van der Waals surface area contributed by atoms with Crippen LogP contribution in [0, 0.1) is 11.7 Å². The molecule has 1 fully saturated rings. The number of benzene rings is 1. The number of anilines is 1. The van der Waals surface area contributed by atoms with Gasteiger partial charge in [-0.1, -0.05) is 12.8 Å². The van der Waals surface area contributed by atoms with E-state index < -0.39 is 0 Å². The first-order valence-corrected chi connectivity index (χ1v) is 6.41. The molecule has 0 radical (unpaired) electrons. The summed E-state index contributed by atoms with van der Waals surface area (Å²) in [4.78, 5) is 2.20. The molecule has 0 saturated heterocycles. The van der Waals surface area contributed by atoms with E-state index in [1.165, 1.54) is 37.8 Å². The van der Waals surface area contributed by atoms with Gasteiger partial charge in [-0.15, -0.1) is 0 Å². The van der Waals surface area contributed by atoms with Crippen molar-refractivity contribution in [2.75, 3.05) is 18.5 Å². The van der Waals surface area contributed by atoms with Gasteiger partial charge in [0.15, 0.2) is 0 Å². The average Bonchev–Trinajstić information content (AvgIpc) is 2.84. The number of nitrogens with two attached hydrogens (primary N) is 1. The van der Waals surface area contributed by atoms with E-state index in [2.05, 4.69) is 11.9 Å². The second kappa shape index (κ2) is 5.50. The third-order valence-corrected chi connectivity index (χ3v) is 3.92. The van der Waals surface area contributed by atoms with Crippen LogP contribution in [0.25, 0.3) is 0 Å². The summed E-state index contributed by atoms with van der Waals surface area (Å²) in [5.74, 6) is 0.502. The molecule has 1 unspecified atom stereocenters. The zero-order chi connectivity index (χ0) is 12.3. The third-order valence-electron chi connectivity index (χ3n) is 3.92. The number of rotatable bonds is 4. The summed E-state index contributed by atoms with van der Waals surface area (Å²) in [7, 11) is 2.06. The van der Waals surface area contributed by atoms with E-state index >= 15 is 0 Å². The molecular formula is C14H21FN2. The highest BCUT2D eigenvalue weighted by molar-refractivity contribution is 5.46. The van der Waals surface area contributed by atoms with E-state index in [0.717, 1.165) is 5.69 Å². The van der Waals surface area contributed by atoms with Crippen molar-refractivity contribution in [3.63, 3.8) is 0 Å². The van der Waals surface area contributed by atoms with Gasteiger partial charge < -0.3 is 10.6 Å². The van der Waals surface area contributed by atoms with Gasteiger partial charge >= 0.3 is 0 Å². The van der Waals surface area contributed by atoms with Gasteiger partial charge in [-0.25, -0.2) is 4.39 Å². The van der Waals surface area contributed by atoms with Gasteiger partial charge in [0.05, 0.1) is 0 Å². The van der Waals surface area contributed by atoms with Crippen LogP contribution in [0.5, 0.6) is 0 Å². The Morgan fingerprint density at radius 2 is 1.88 bits per heavy atom. The van der Waals surface area contributed by atoms with Gasteiger partial charge in [0, 0.05) is 25.3 Å². The fourth-order valence-electron chi connectivity index (χ4n) is 2.88. The van der Waals surface area contributed by atoms with Crippen LogP contribution in [0.3, 0.4) is 0 Å². The molecule has 0 amide bonds. The predicted octanol–water partition coefficient (Wildman–Crippen LogP) is 2.78. The van der Waals surface area contributed by atoms with Gasteiger partial charge in [-0.2, -0.15) is 0 Å². The highest BCUT2D eigenvalue weighted by Crippen LogP contribution is 2.31. The maximum atomic E-state index is 12.9. The molecule has 1 aromatic carbocycles. The van der Waals surface area contributed by atoms with Gasteiger partial charge in [0.2, 0.25) is 0 Å². The lowest BCUT2D eigenvalue weighted by atomic mass is 9.96. The molecule has 94 valence electrons. The molecule has 17 heavy (non-hydrogen) atoms. The maximum absolute atomic E-state index is 12.9. The second-order valence-corrected chi connectivity index (χ2v) is 4.93. The summed E-state index contributed by atoms with van der Waals surface area (Å²) < 4.78 is 12.9. The molecule has 1 aliphatic carbocycles. The van der Waals surface area contributed by atoms with Crippen molar-refractivity contribution in [3.8, 4) is 0 Å². The van der Waals surface area contributed by atoms with Crippen LogP contribution in [-0.2, 0) is 0 Å². The van der Waals surface area contributed by atoms with Crippen LogP contribution in [0.2, 0.25) is 0 Å². The zero-order valence-electron chi connectivity index (χ0n) is 10.4. The molecule has 2 rings (SSSR count). The predicted molar refractivity (Wildman–Crippen MR) is 69.6 cm³/mol. The Balaban J connectivity index is 2.10. The summed E-state index contributed by atoms with van der Waals surface area (Å²) in [5, 5.41) is 0. The monoisotopic (exact) mass is 236 g/mol. The average molecular weight is 236 g/mol. The van der Waals surface area contributed by atoms with Crippen LogP contribution < -0.4 is 10.6 Å². The Morgan fingerprint density at radius 1 is 1.29 bits per heavy atom. The number of likely N-dealkylation sites (N-methyl/N-ethyl adjacent to an activating group) is 1. The number of hydrogen-bond acceptors (Lipinski definition) is 2. The fourth-order valence-corrected chi connectivity index (χ4v) is 2.88. The van der Waals surface area contributed by atoms with Crippen LogP contribution in [0.4, 0.5) is 10.1 Å². The molecule has 1 aliphatic rings. The van der Waals surface area contributed by atoms with Gasteiger partial charge in [0.1, 0.15) is 5.82 Å². The summed E-state index contributed by atoms with van der Waals surface area (Å²) in [6.07, 6.45) is 5.18. The second-order valence-electron chi connectivity index (χ2n) is 4.93. The van der Waals surface area contributed by atoms with E-state index in [1.807, 2.05) is 12.1 Å². The summed E-state index contributed by atoms with van der Waals surface area (Å²) in [5.41, 5.74) is 6.95. The van der Waals surface area contributed by atoms with Crippen molar-refractivity contribution in [1.82, 2.24) is 0 Å². The van der Waals surface area contributed by atoms with Crippen LogP contribution in [-0.4, -0.2) is 19.6 Å². The molecule has 2 nitrogen and oxygen atoms in total. The Kier molecular flexibility index (Phi) is 4.00. The molecule has 0 aromatic heterocycles. The normalized spacial score (nSPS) is 18.3. The van der Waals surface area contributed by atoms with Gasteiger partial charge in [-0.3, -0.25) is 0 Å². The van der Waals surface area contributed by atoms with Crippen LogP contribution in [0.15, 0.2) is 24.3 Å². The van der Waals surface area contributed by atoms with Gasteiger partial charge in [-0.05, 0) is 43.0 Å². The third kappa shape index (κ3) is 2.78. The zero-order valence-corrected chi connectivity index (χ0v) is 10.4. The lowest BCUT2D eigenvalue weighted by Gasteiger charge is -2.33. The molecule has 2 N–H and O–H groups in total. The molecule has 0 heterocycles. The van der Waals surface area contributed by atoms with Crippen molar-refractivity contribution in [1.29, 1.82) is 0 Å². The summed E-state index contributed by atoms with van der Waals surface area (Å²) >= 11 is 0. The number of hydrogen-bond donors (Lipinski definition) is 1. The summed E-state index contributed by atoms with van der Waals surface area (Å²) in [6, 6.07) is 7.05. The Hall–Kier alpha value is -1.09. The van der Waals surface area contributed by atoms with Crippen molar-refractivity contribution < 1.29 is 4.39 Å². The van der Waals surface area contributed by atoms with Crippen LogP contribution in [0.1, 0.15) is 25.7 Å². The molecular weight excluding hydrogens is 215 g/mol.